The lowest BCUT2D eigenvalue weighted by molar-refractivity contribution is -0.150. The van der Waals surface area contributed by atoms with Crippen molar-refractivity contribution in [2.45, 2.75) is 19.9 Å². The predicted octanol–water partition coefficient (Wildman–Crippen LogP) is 2.81. The molecule has 1 saturated heterocycles. The number of rotatable bonds is 4. The van der Waals surface area contributed by atoms with Crippen molar-refractivity contribution < 1.29 is 23.5 Å². The third-order valence-electron chi connectivity index (χ3n) is 3.01. The Labute approximate surface area is 131 Å². The van der Waals surface area contributed by atoms with Gasteiger partial charge in [-0.25, -0.2) is 9.18 Å². The average molecular weight is 323 g/mol. The third-order valence-corrected chi connectivity index (χ3v) is 3.89. The second-order valence-electron chi connectivity index (χ2n) is 4.53. The van der Waals surface area contributed by atoms with Gasteiger partial charge in [0, 0.05) is 0 Å². The number of thioether (sulfide) groups is 1. The van der Waals surface area contributed by atoms with Crippen molar-refractivity contribution in [3.05, 3.63) is 40.6 Å². The smallest absolute Gasteiger partial charge is 0.329 e. The van der Waals surface area contributed by atoms with Crippen molar-refractivity contribution in [3.63, 3.8) is 0 Å². The highest BCUT2D eigenvalue weighted by atomic mass is 32.2. The fourth-order valence-corrected chi connectivity index (χ4v) is 2.80. The number of esters is 1. The van der Waals surface area contributed by atoms with Gasteiger partial charge in [-0.05, 0) is 49.4 Å². The number of hydrogen-bond acceptors (Lipinski definition) is 5. The second kappa shape index (κ2) is 6.74. The molecule has 0 bridgehead atoms. The fourth-order valence-electron chi connectivity index (χ4n) is 1.89. The molecule has 0 radical (unpaired) electrons. The molecular formula is C15H14FNO4S. The lowest BCUT2D eigenvalue weighted by Gasteiger charge is -2.19. The topological polar surface area (TPSA) is 63.7 Å². The summed E-state index contributed by atoms with van der Waals surface area (Å²) < 4.78 is 17.7. The van der Waals surface area contributed by atoms with Crippen LogP contribution < -0.4 is 0 Å². The zero-order valence-corrected chi connectivity index (χ0v) is 12.9. The maximum absolute atomic E-state index is 12.9. The van der Waals surface area contributed by atoms with E-state index < -0.39 is 23.2 Å². The Kier molecular flexibility index (Phi) is 4.97. The number of amides is 2. The molecule has 1 aliphatic heterocycles. The van der Waals surface area contributed by atoms with Gasteiger partial charge in [-0.1, -0.05) is 12.1 Å². The molecule has 0 aliphatic carbocycles. The number of carbonyl (C=O) groups excluding carboxylic acids is 3. The van der Waals surface area contributed by atoms with Gasteiger partial charge in [-0.15, -0.1) is 0 Å². The van der Waals surface area contributed by atoms with Gasteiger partial charge in [0.25, 0.3) is 11.1 Å². The van der Waals surface area contributed by atoms with E-state index in [0.717, 1.165) is 16.7 Å². The molecule has 5 nitrogen and oxygen atoms in total. The molecule has 0 aromatic heterocycles. The van der Waals surface area contributed by atoms with E-state index in [1.807, 2.05) is 0 Å². The monoisotopic (exact) mass is 323 g/mol. The quantitative estimate of drug-likeness (QED) is 0.630. The molecule has 1 heterocycles. The van der Waals surface area contributed by atoms with Gasteiger partial charge in [0.05, 0.1) is 11.5 Å². The number of imide groups is 1. The van der Waals surface area contributed by atoms with E-state index >= 15 is 0 Å². The van der Waals surface area contributed by atoms with Crippen LogP contribution in [0.25, 0.3) is 6.08 Å². The Morgan fingerprint density at radius 2 is 2.00 bits per heavy atom. The molecule has 1 aromatic rings. The number of hydrogen-bond donors (Lipinski definition) is 0. The van der Waals surface area contributed by atoms with Gasteiger partial charge < -0.3 is 4.74 Å². The molecule has 7 heteroatoms. The summed E-state index contributed by atoms with van der Waals surface area (Å²) in [7, 11) is 0. The summed E-state index contributed by atoms with van der Waals surface area (Å²) in [5.74, 6) is -1.58. The van der Waals surface area contributed by atoms with Crippen LogP contribution in [-0.2, 0) is 14.3 Å². The Bertz CT molecular complexity index is 641. The molecule has 1 aromatic carbocycles. The Hall–Kier alpha value is -2.15. The van der Waals surface area contributed by atoms with Gasteiger partial charge in [0.2, 0.25) is 0 Å². The van der Waals surface area contributed by atoms with E-state index in [9.17, 15) is 18.8 Å². The summed E-state index contributed by atoms with van der Waals surface area (Å²) in [5.41, 5.74) is 0.593. The van der Waals surface area contributed by atoms with E-state index in [4.69, 9.17) is 4.74 Å². The van der Waals surface area contributed by atoms with Crippen LogP contribution in [0.4, 0.5) is 9.18 Å². The zero-order chi connectivity index (χ0) is 16.3. The molecule has 2 amide bonds. The summed E-state index contributed by atoms with van der Waals surface area (Å²) in [6, 6.07) is 4.54. The molecule has 116 valence electrons. The minimum atomic E-state index is -0.980. The summed E-state index contributed by atoms with van der Waals surface area (Å²) in [6.07, 6.45) is 1.49. The van der Waals surface area contributed by atoms with Crippen LogP contribution >= 0.6 is 11.8 Å². The van der Waals surface area contributed by atoms with Crippen LogP contribution in [-0.4, -0.2) is 34.7 Å². The Morgan fingerprint density at radius 3 is 2.59 bits per heavy atom. The van der Waals surface area contributed by atoms with Crippen molar-refractivity contribution in [2.24, 2.45) is 0 Å². The lowest BCUT2D eigenvalue weighted by atomic mass is 10.2. The van der Waals surface area contributed by atoms with Gasteiger partial charge in [-0.3, -0.25) is 14.5 Å². The molecule has 1 aliphatic rings. The molecule has 1 fully saturated rings. The standard InChI is InChI=1S/C15H14FNO4S/c1-3-21-14(19)9(2)17-13(18)12(22-15(17)20)8-10-4-6-11(16)7-5-10/h4-9H,3H2,1-2H3/b12-8+. The first-order valence-corrected chi connectivity index (χ1v) is 7.45. The van der Waals surface area contributed by atoms with Crippen LogP contribution in [0.15, 0.2) is 29.2 Å². The van der Waals surface area contributed by atoms with E-state index in [0.29, 0.717) is 5.56 Å². The summed E-state index contributed by atoms with van der Waals surface area (Å²) in [4.78, 5) is 37.0. The number of benzene rings is 1. The van der Waals surface area contributed by atoms with E-state index in [2.05, 4.69) is 0 Å². The molecule has 1 unspecified atom stereocenters. The van der Waals surface area contributed by atoms with Crippen molar-refractivity contribution in [2.75, 3.05) is 6.61 Å². The van der Waals surface area contributed by atoms with Crippen molar-refractivity contribution in [1.29, 1.82) is 0 Å². The average Bonchev–Trinajstić information content (AvgIpc) is 2.75. The van der Waals surface area contributed by atoms with Crippen LogP contribution in [0.2, 0.25) is 0 Å². The molecule has 22 heavy (non-hydrogen) atoms. The molecule has 2 rings (SSSR count). The first-order chi connectivity index (χ1) is 10.4. The lowest BCUT2D eigenvalue weighted by Crippen LogP contribution is -2.42. The Balaban J connectivity index is 2.21. The first kappa shape index (κ1) is 16.2. The predicted molar refractivity (Wildman–Crippen MR) is 80.3 cm³/mol. The molecule has 1 atom stereocenters. The number of nitrogens with zero attached hydrogens (tertiary/aromatic N) is 1. The zero-order valence-electron chi connectivity index (χ0n) is 12.0. The van der Waals surface area contributed by atoms with Gasteiger partial charge in [-0.2, -0.15) is 0 Å². The van der Waals surface area contributed by atoms with Gasteiger partial charge in [0.1, 0.15) is 11.9 Å². The maximum atomic E-state index is 12.9. The summed E-state index contributed by atoms with van der Waals surface area (Å²) >= 11 is 0.742. The van der Waals surface area contributed by atoms with Gasteiger partial charge >= 0.3 is 5.97 Å². The highest BCUT2D eigenvalue weighted by Gasteiger charge is 2.41. The fraction of sp³-hybridized carbons (Fsp3) is 0.267. The minimum absolute atomic E-state index is 0.171. The van der Waals surface area contributed by atoms with E-state index in [1.54, 1.807) is 6.92 Å². The number of ether oxygens (including phenoxy) is 1. The normalized spacial score (nSPS) is 18.0. The minimum Gasteiger partial charge on any atom is -0.464 e. The van der Waals surface area contributed by atoms with Gasteiger partial charge in [0.15, 0.2) is 0 Å². The highest BCUT2D eigenvalue weighted by Crippen LogP contribution is 2.33. The van der Waals surface area contributed by atoms with Crippen molar-refractivity contribution in [1.82, 2.24) is 4.90 Å². The second-order valence-corrected chi connectivity index (χ2v) is 5.52. The maximum Gasteiger partial charge on any atom is 0.329 e. The van der Waals surface area contributed by atoms with Crippen molar-refractivity contribution >= 4 is 35.0 Å². The Morgan fingerprint density at radius 1 is 1.36 bits per heavy atom. The van der Waals surface area contributed by atoms with Crippen LogP contribution in [0.5, 0.6) is 0 Å². The number of carbonyl (C=O) groups is 3. The third kappa shape index (κ3) is 3.36. The highest BCUT2D eigenvalue weighted by molar-refractivity contribution is 8.18. The van der Waals surface area contributed by atoms with Crippen LogP contribution in [0.1, 0.15) is 19.4 Å². The SMILES string of the molecule is CCOC(=O)C(C)N1C(=O)S/C(=C/c2ccc(F)cc2)C1=O. The van der Waals surface area contributed by atoms with E-state index in [1.165, 1.54) is 37.3 Å². The number of halogens is 1. The summed E-state index contributed by atoms with van der Waals surface area (Å²) in [5, 5.41) is -0.529. The molecular weight excluding hydrogens is 309 g/mol. The molecule has 0 spiro atoms. The van der Waals surface area contributed by atoms with Crippen LogP contribution in [0, 0.1) is 5.82 Å². The van der Waals surface area contributed by atoms with Crippen molar-refractivity contribution in [3.8, 4) is 0 Å². The molecule has 0 saturated carbocycles. The largest absolute Gasteiger partial charge is 0.464 e. The summed E-state index contributed by atoms with van der Waals surface area (Å²) in [6.45, 7) is 3.26. The molecule has 0 N–H and O–H groups in total. The van der Waals surface area contributed by atoms with Crippen LogP contribution in [0.3, 0.4) is 0 Å². The first-order valence-electron chi connectivity index (χ1n) is 6.63. The van der Waals surface area contributed by atoms with E-state index in [-0.39, 0.29) is 17.3 Å².